The van der Waals surface area contributed by atoms with E-state index in [2.05, 4.69) is 11.9 Å². The molecule has 35 heavy (non-hydrogen) atoms. The molecule has 0 N–H and O–H groups in total. The van der Waals surface area contributed by atoms with Gasteiger partial charge in [0.25, 0.3) is 5.91 Å². The second-order valence-electron chi connectivity index (χ2n) is 8.16. The van der Waals surface area contributed by atoms with Gasteiger partial charge >= 0.3 is 0 Å². The summed E-state index contributed by atoms with van der Waals surface area (Å²) in [5.41, 5.74) is 3.48. The van der Waals surface area contributed by atoms with Crippen LogP contribution in [-0.2, 0) is 4.79 Å². The molecule has 8 heteroatoms. The number of thiazole rings is 1. The quantitative estimate of drug-likeness (QED) is 0.258. The number of carbonyl (C=O) groups is 1. The lowest BCUT2D eigenvalue weighted by Crippen LogP contribution is -2.39. The Morgan fingerprint density at radius 3 is 2.77 bits per heavy atom. The molecule has 0 saturated heterocycles. The highest BCUT2D eigenvalue weighted by Gasteiger charge is 2.26. The molecule has 0 atom stereocenters. The van der Waals surface area contributed by atoms with E-state index in [0.717, 1.165) is 51.1 Å². The number of rotatable bonds is 8. The number of hydrogen-bond acceptors (Lipinski definition) is 6. The molecule has 1 aliphatic rings. The van der Waals surface area contributed by atoms with Crippen LogP contribution in [0.4, 0.5) is 5.69 Å². The highest BCUT2D eigenvalue weighted by molar-refractivity contribution is 7.15. The van der Waals surface area contributed by atoms with Gasteiger partial charge in [-0.25, -0.2) is 4.98 Å². The standard InChI is InChI=1S/C27H24ClN3O3S/c1-18-26(30-27(35-18)22-6-2-3-13-29-22)19-7-12-24-23(16-19)31(25(32)17-34-24)14-4-5-15-33-21-10-8-20(28)9-11-21/h2-3,6-13,16H,4-5,14-15,17H2,1H3. The molecule has 3 heterocycles. The molecule has 0 spiro atoms. The van der Waals surface area contributed by atoms with Crippen LogP contribution in [0, 0.1) is 6.92 Å². The van der Waals surface area contributed by atoms with Crippen LogP contribution in [-0.4, -0.2) is 35.6 Å². The molecular weight excluding hydrogens is 482 g/mol. The third-order valence-electron chi connectivity index (χ3n) is 5.71. The SMILES string of the molecule is Cc1sc(-c2ccccn2)nc1-c1ccc2c(c1)N(CCCCOc1ccc(Cl)cc1)C(=O)CO2. The lowest BCUT2D eigenvalue weighted by molar-refractivity contribution is -0.121. The van der Waals surface area contributed by atoms with E-state index in [1.54, 1.807) is 29.7 Å². The number of aromatic nitrogens is 2. The molecule has 1 aliphatic heterocycles. The first-order valence-electron chi connectivity index (χ1n) is 11.4. The number of pyridine rings is 1. The van der Waals surface area contributed by atoms with Crippen molar-refractivity contribution in [2.24, 2.45) is 0 Å². The maximum Gasteiger partial charge on any atom is 0.265 e. The van der Waals surface area contributed by atoms with Crippen LogP contribution in [0.1, 0.15) is 17.7 Å². The second-order valence-corrected chi connectivity index (χ2v) is 9.80. The Morgan fingerprint density at radius 2 is 1.97 bits per heavy atom. The van der Waals surface area contributed by atoms with Gasteiger partial charge < -0.3 is 14.4 Å². The molecule has 0 unspecified atom stereocenters. The van der Waals surface area contributed by atoms with Crippen LogP contribution in [0.25, 0.3) is 22.0 Å². The Labute approximate surface area is 213 Å². The van der Waals surface area contributed by atoms with Gasteiger partial charge in [0.15, 0.2) is 6.61 Å². The molecule has 1 amide bonds. The lowest BCUT2D eigenvalue weighted by Gasteiger charge is -2.29. The topological polar surface area (TPSA) is 64.5 Å². The number of hydrogen-bond donors (Lipinski definition) is 0. The van der Waals surface area contributed by atoms with E-state index in [1.807, 2.05) is 53.4 Å². The van der Waals surface area contributed by atoms with Crippen molar-refractivity contribution in [3.63, 3.8) is 0 Å². The van der Waals surface area contributed by atoms with E-state index in [9.17, 15) is 4.79 Å². The highest BCUT2D eigenvalue weighted by Crippen LogP contribution is 2.39. The Kier molecular flexibility index (Phi) is 6.97. The molecule has 2 aromatic heterocycles. The van der Waals surface area contributed by atoms with Crippen molar-refractivity contribution in [1.82, 2.24) is 9.97 Å². The Balaban J connectivity index is 1.29. The first-order chi connectivity index (χ1) is 17.1. The number of ether oxygens (including phenoxy) is 2. The van der Waals surface area contributed by atoms with Crippen molar-refractivity contribution in [2.45, 2.75) is 19.8 Å². The van der Waals surface area contributed by atoms with E-state index < -0.39 is 0 Å². The fourth-order valence-corrected chi connectivity index (χ4v) is 4.99. The van der Waals surface area contributed by atoms with Gasteiger partial charge in [-0.2, -0.15) is 0 Å². The monoisotopic (exact) mass is 505 g/mol. The van der Waals surface area contributed by atoms with Gasteiger partial charge in [0.2, 0.25) is 0 Å². The van der Waals surface area contributed by atoms with E-state index in [-0.39, 0.29) is 12.5 Å². The van der Waals surface area contributed by atoms with Crippen molar-refractivity contribution in [2.75, 3.05) is 24.7 Å². The molecule has 178 valence electrons. The van der Waals surface area contributed by atoms with Crippen molar-refractivity contribution < 1.29 is 14.3 Å². The van der Waals surface area contributed by atoms with E-state index in [0.29, 0.717) is 23.9 Å². The number of aryl methyl sites for hydroxylation is 1. The Bertz CT molecular complexity index is 1330. The van der Waals surface area contributed by atoms with Crippen LogP contribution in [0.3, 0.4) is 0 Å². The zero-order valence-corrected chi connectivity index (χ0v) is 20.8. The third kappa shape index (κ3) is 5.31. The van der Waals surface area contributed by atoms with Gasteiger partial charge in [0, 0.05) is 28.2 Å². The second kappa shape index (κ2) is 10.5. The summed E-state index contributed by atoms with van der Waals surface area (Å²) in [5.74, 6) is 1.46. The Hall–Kier alpha value is -3.42. The van der Waals surface area contributed by atoms with Crippen LogP contribution in [0.2, 0.25) is 5.02 Å². The van der Waals surface area contributed by atoms with E-state index in [1.165, 1.54) is 0 Å². The Morgan fingerprint density at radius 1 is 1.11 bits per heavy atom. The molecule has 0 fully saturated rings. The van der Waals surface area contributed by atoms with Crippen molar-refractivity contribution in [1.29, 1.82) is 0 Å². The first-order valence-corrected chi connectivity index (χ1v) is 12.6. The van der Waals surface area contributed by atoms with Gasteiger partial charge in [-0.1, -0.05) is 17.7 Å². The molecule has 0 aliphatic carbocycles. The molecule has 5 rings (SSSR count). The molecule has 6 nitrogen and oxygen atoms in total. The van der Waals surface area contributed by atoms with Crippen LogP contribution in [0.15, 0.2) is 66.9 Å². The smallest absolute Gasteiger partial charge is 0.265 e. The first kappa shape index (κ1) is 23.3. The molecular formula is C27H24ClN3O3S. The summed E-state index contributed by atoms with van der Waals surface area (Å²) >= 11 is 7.53. The van der Waals surface area contributed by atoms with Crippen molar-refractivity contribution in [3.8, 4) is 33.5 Å². The fourth-order valence-electron chi connectivity index (χ4n) is 3.95. The number of unbranched alkanes of at least 4 members (excludes halogenated alkanes) is 1. The minimum Gasteiger partial charge on any atom is -0.494 e. The summed E-state index contributed by atoms with van der Waals surface area (Å²) in [7, 11) is 0. The highest BCUT2D eigenvalue weighted by atomic mass is 35.5. The number of carbonyl (C=O) groups excluding carboxylic acids is 1. The van der Waals surface area contributed by atoms with Gasteiger partial charge in [-0.15, -0.1) is 11.3 Å². The van der Waals surface area contributed by atoms with Gasteiger partial charge in [0.05, 0.1) is 23.7 Å². The van der Waals surface area contributed by atoms with Crippen LogP contribution >= 0.6 is 22.9 Å². The molecule has 0 saturated carbocycles. The number of anilines is 1. The molecule has 0 bridgehead atoms. The number of amides is 1. The maximum absolute atomic E-state index is 12.7. The largest absolute Gasteiger partial charge is 0.494 e. The van der Waals surface area contributed by atoms with E-state index >= 15 is 0 Å². The normalized spacial score (nSPS) is 12.9. The molecule has 0 radical (unpaired) electrons. The van der Waals surface area contributed by atoms with Crippen molar-refractivity contribution >= 4 is 34.5 Å². The van der Waals surface area contributed by atoms with Gasteiger partial charge in [-0.3, -0.25) is 9.78 Å². The van der Waals surface area contributed by atoms with Crippen LogP contribution < -0.4 is 14.4 Å². The zero-order chi connectivity index (χ0) is 24.2. The predicted octanol–water partition coefficient (Wildman–Crippen LogP) is 6.42. The maximum atomic E-state index is 12.7. The van der Waals surface area contributed by atoms with Gasteiger partial charge in [0.1, 0.15) is 16.5 Å². The summed E-state index contributed by atoms with van der Waals surface area (Å²) in [6.07, 6.45) is 3.40. The predicted molar refractivity (Wildman–Crippen MR) is 140 cm³/mol. The lowest BCUT2D eigenvalue weighted by atomic mass is 10.1. The number of halogens is 1. The number of fused-ring (bicyclic) bond motifs is 1. The van der Waals surface area contributed by atoms with Crippen molar-refractivity contribution in [3.05, 3.63) is 76.8 Å². The molecule has 4 aromatic rings. The average Bonchev–Trinajstić information content (AvgIpc) is 3.28. The third-order valence-corrected chi connectivity index (χ3v) is 6.96. The van der Waals surface area contributed by atoms with Gasteiger partial charge in [-0.05, 0) is 74.4 Å². The summed E-state index contributed by atoms with van der Waals surface area (Å²) < 4.78 is 11.5. The summed E-state index contributed by atoms with van der Waals surface area (Å²) in [4.78, 5) is 24.9. The summed E-state index contributed by atoms with van der Waals surface area (Å²) in [6, 6.07) is 19.0. The van der Waals surface area contributed by atoms with Crippen LogP contribution in [0.5, 0.6) is 11.5 Å². The minimum atomic E-state index is -0.0440. The summed E-state index contributed by atoms with van der Waals surface area (Å²) in [6.45, 7) is 3.27. The number of benzene rings is 2. The fraction of sp³-hybridized carbons (Fsp3) is 0.222. The molecule has 2 aromatic carbocycles. The van der Waals surface area contributed by atoms with E-state index in [4.69, 9.17) is 26.1 Å². The minimum absolute atomic E-state index is 0.0440. The summed E-state index contributed by atoms with van der Waals surface area (Å²) in [5, 5.41) is 1.56. The average molecular weight is 506 g/mol. The zero-order valence-electron chi connectivity index (χ0n) is 19.2. The number of nitrogens with zero attached hydrogens (tertiary/aromatic N) is 3.